The molecule has 246 valence electrons. The zero-order valence-corrected chi connectivity index (χ0v) is 26.7. The summed E-state index contributed by atoms with van der Waals surface area (Å²) in [4.78, 5) is 5.38. The second-order valence-corrected chi connectivity index (χ2v) is 4.23. The third-order valence-electron chi connectivity index (χ3n) is 3.00. The summed E-state index contributed by atoms with van der Waals surface area (Å²) >= 11 is 0. The maximum Gasteiger partial charge on any atom is 0 e. The fourth-order valence-corrected chi connectivity index (χ4v) is 2.09. The molecule has 46 heavy (non-hydrogen) atoms. The molecule has 0 atom stereocenters. The average molecular weight is 808 g/mol. The van der Waals surface area contributed by atoms with Gasteiger partial charge in [0.15, 0.2) is 0 Å². The molecule has 0 spiro atoms. The predicted molar refractivity (Wildman–Crippen MR) is 123 cm³/mol. The van der Waals surface area contributed by atoms with Crippen LogP contribution in [0.5, 0.6) is 0 Å². The van der Waals surface area contributed by atoms with Crippen LogP contribution in [0.2, 0.25) is 0 Å². The average Bonchev–Trinajstić information content (AvgIpc) is 3.57. The summed E-state index contributed by atoms with van der Waals surface area (Å²) < 4.78 is 90.0. The number of hydrogen-bond acceptors (Lipinski definition) is 1. The summed E-state index contributed by atoms with van der Waals surface area (Å²) in [7, 11) is 0. The first-order valence-electron chi connectivity index (χ1n) is 8.44. The SMILES string of the molecule is C#CCN(CC#C)CCc1c[nH]c2ccccc12.[C-]#[O+].[C-]#[O+].[C-]#[O+].[C-]#[O+].[C-]#[O+].[C-]#[O+].[C-]#[O+].[C-]#[O+].[C-]#[O+].[C-]#[O+].[C-]#[O+].[C-]#[O+].[Co].[Co].[Co].[Co]. The monoisotopic (exact) mass is 808 g/mol. The van der Waals surface area contributed by atoms with Crippen molar-refractivity contribution in [3.63, 3.8) is 0 Å². The minimum absolute atomic E-state index is 0. The molecule has 1 aromatic heterocycles. The van der Waals surface area contributed by atoms with Crippen molar-refractivity contribution in [3.8, 4) is 24.7 Å². The van der Waals surface area contributed by atoms with Crippen LogP contribution in [0.1, 0.15) is 5.56 Å². The van der Waals surface area contributed by atoms with Gasteiger partial charge in [0.25, 0.3) is 0 Å². The molecule has 0 saturated carbocycles. The van der Waals surface area contributed by atoms with Crippen LogP contribution in [0.4, 0.5) is 0 Å². The first-order valence-corrected chi connectivity index (χ1v) is 8.44. The van der Waals surface area contributed by atoms with Crippen LogP contribution in [-0.2, 0) is 129 Å². The van der Waals surface area contributed by atoms with Crippen LogP contribution in [0.25, 0.3) is 10.9 Å². The number of aromatic amines is 1. The van der Waals surface area contributed by atoms with E-state index in [4.69, 9.17) is 68.7 Å². The van der Waals surface area contributed by atoms with Crippen LogP contribution < -0.4 is 0 Å². The van der Waals surface area contributed by atoms with E-state index in [0.717, 1.165) is 13.0 Å². The van der Waals surface area contributed by atoms with E-state index < -0.39 is 0 Å². The summed E-state index contributed by atoms with van der Waals surface area (Å²) in [5.41, 5.74) is 2.48. The number of terminal acetylenes is 2. The van der Waals surface area contributed by atoms with Gasteiger partial charge >= 0.3 is 136 Å². The quantitative estimate of drug-likeness (QED) is 0.265. The Bertz CT molecular complexity index is 999. The van der Waals surface area contributed by atoms with Gasteiger partial charge in [0.1, 0.15) is 0 Å². The second-order valence-electron chi connectivity index (χ2n) is 4.23. The molecule has 0 amide bonds. The fourth-order valence-electron chi connectivity index (χ4n) is 2.09. The van der Waals surface area contributed by atoms with Crippen molar-refractivity contribution >= 4 is 10.9 Å². The number of H-pyrrole nitrogens is 1. The van der Waals surface area contributed by atoms with E-state index >= 15 is 0 Å². The van der Waals surface area contributed by atoms with Gasteiger partial charge in [-0.25, -0.2) is 0 Å². The topological polar surface area (TPSA) is 258 Å². The van der Waals surface area contributed by atoms with Crippen molar-refractivity contribution in [2.75, 3.05) is 19.6 Å². The Morgan fingerprint density at radius 3 is 1.09 bits per heavy atom. The van der Waals surface area contributed by atoms with E-state index in [1.165, 1.54) is 16.5 Å². The maximum atomic E-state index is 7.50. The van der Waals surface area contributed by atoms with E-state index in [9.17, 15) is 0 Å². The molecule has 1 heterocycles. The molecule has 2 aromatic rings. The summed E-state index contributed by atoms with van der Waals surface area (Å²) in [6, 6.07) is 8.30. The summed E-state index contributed by atoms with van der Waals surface area (Å²) in [5, 5.41) is 1.28. The molecular formula is C28H16Co4N2O12. The van der Waals surface area contributed by atoms with Crippen molar-refractivity contribution in [2.45, 2.75) is 6.42 Å². The van der Waals surface area contributed by atoms with E-state index in [2.05, 4.69) is 126 Å². The van der Waals surface area contributed by atoms with E-state index in [0.29, 0.717) is 13.1 Å². The molecule has 0 bridgehead atoms. The van der Waals surface area contributed by atoms with Crippen LogP contribution in [-0.4, -0.2) is 29.5 Å². The first kappa shape index (κ1) is 96.8. The Morgan fingerprint density at radius 1 is 0.522 bits per heavy atom. The van der Waals surface area contributed by atoms with Gasteiger partial charge in [0.2, 0.25) is 0 Å². The Labute approximate surface area is 308 Å². The molecule has 1 aromatic carbocycles. The molecular weight excluding hydrogens is 792 g/mol. The standard InChI is InChI=1S/C16H16N2.12CO.4Co/c1-3-10-18(11-4-2)12-9-14-13-17-16-8-6-5-7-15(14)16;12*1-2;;;;/h1-2,5-8,13,17H,9-12H2;;;;;;;;;;;;;;;;. The van der Waals surface area contributed by atoms with Crippen molar-refractivity contribution in [1.82, 2.24) is 9.88 Å². The normalized spacial score (nSPS) is 4.59. The zero-order chi connectivity index (χ0) is 36.8. The molecule has 0 aliphatic carbocycles. The predicted octanol–water partition coefficient (Wildman–Crippen LogP) is 1.82. The third kappa shape index (κ3) is 83.6. The number of benzene rings is 1. The Hall–Kier alpha value is -3.25. The van der Waals surface area contributed by atoms with Gasteiger partial charge in [-0.3, -0.25) is 4.90 Å². The number of aromatic nitrogens is 1. The van der Waals surface area contributed by atoms with Crippen LogP contribution in [0, 0.1) is 104 Å². The van der Waals surface area contributed by atoms with Gasteiger partial charge < -0.3 is 4.98 Å². The smallest absolute Gasteiger partial charge is 0 e. The van der Waals surface area contributed by atoms with Gasteiger partial charge in [-0.1, -0.05) is 30.0 Å². The molecule has 14 nitrogen and oxygen atoms in total. The zero-order valence-electron chi connectivity index (χ0n) is 22.5. The minimum Gasteiger partial charge on any atom is 0 e. The molecule has 0 fully saturated rings. The van der Waals surface area contributed by atoms with Crippen molar-refractivity contribution in [3.05, 3.63) is 116 Å². The Balaban J connectivity index is -0.0000000227. The molecule has 0 saturated heterocycles. The molecule has 0 unspecified atom stereocenters. The Kier molecular flexibility index (Phi) is 339. The fraction of sp³-hybridized carbons (Fsp3) is 0.143. The molecule has 1 N–H and O–H groups in total. The number of nitrogens with zero attached hydrogens (tertiary/aromatic N) is 1. The van der Waals surface area contributed by atoms with Crippen molar-refractivity contribution < 1.29 is 123 Å². The third-order valence-corrected chi connectivity index (χ3v) is 3.00. The number of hydrogen-bond donors (Lipinski definition) is 1. The molecule has 0 aliphatic rings. The summed E-state index contributed by atoms with van der Waals surface area (Å²) in [6.07, 6.45) is 13.7. The van der Waals surface area contributed by atoms with Crippen molar-refractivity contribution in [2.24, 2.45) is 0 Å². The van der Waals surface area contributed by atoms with Gasteiger partial charge in [-0.05, 0) is 18.1 Å². The number of rotatable bonds is 5. The van der Waals surface area contributed by atoms with Gasteiger partial charge in [0, 0.05) is 90.8 Å². The minimum atomic E-state index is 0. The number of fused-ring (bicyclic) bond motifs is 1. The summed E-state index contributed by atoms with van der Waals surface area (Å²) in [6.45, 7) is 56.1. The first-order chi connectivity index (χ1) is 20.8. The number of nitrogens with one attached hydrogen (secondary N) is 1. The van der Waals surface area contributed by atoms with Crippen LogP contribution in [0.3, 0.4) is 0 Å². The molecule has 4 radical (unpaired) electrons. The van der Waals surface area contributed by atoms with Crippen molar-refractivity contribution in [1.29, 1.82) is 0 Å². The largest absolute Gasteiger partial charge is 0 e. The van der Waals surface area contributed by atoms with Crippen LogP contribution >= 0.6 is 0 Å². The molecule has 2 rings (SSSR count). The van der Waals surface area contributed by atoms with Gasteiger partial charge in [-0.2, -0.15) is 0 Å². The van der Waals surface area contributed by atoms with Gasteiger partial charge in [0.05, 0.1) is 13.1 Å². The maximum absolute atomic E-state index is 7.50. The van der Waals surface area contributed by atoms with E-state index in [1.807, 2.05) is 6.07 Å². The Morgan fingerprint density at radius 2 is 0.804 bits per heavy atom. The van der Waals surface area contributed by atoms with Gasteiger partial charge in [-0.15, -0.1) is 12.8 Å². The molecule has 18 heteroatoms. The molecule has 0 aliphatic heterocycles. The van der Waals surface area contributed by atoms with E-state index in [-0.39, 0.29) is 67.1 Å². The second kappa shape index (κ2) is 161. The number of para-hydroxylation sites is 1. The van der Waals surface area contributed by atoms with E-state index in [1.54, 1.807) is 0 Å². The summed E-state index contributed by atoms with van der Waals surface area (Å²) in [5.74, 6) is 5.28. The van der Waals surface area contributed by atoms with Crippen LogP contribution in [0.15, 0.2) is 30.5 Å².